The molecule has 0 aliphatic carbocycles. The molecule has 0 bridgehead atoms. The number of nitrogens with zero attached hydrogens (tertiary/aromatic N) is 1. The summed E-state index contributed by atoms with van der Waals surface area (Å²) in [6, 6.07) is 0. The summed E-state index contributed by atoms with van der Waals surface area (Å²) in [7, 11) is -9.77. The van der Waals surface area contributed by atoms with E-state index in [9.17, 15) is 9.13 Å². The first-order valence-corrected chi connectivity index (χ1v) is 5.53. The second-order valence-corrected chi connectivity index (χ2v) is 4.84. The van der Waals surface area contributed by atoms with Crippen molar-refractivity contribution in [2.75, 3.05) is 0 Å². The van der Waals surface area contributed by atoms with Crippen molar-refractivity contribution in [3.05, 3.63) is 0 Å². The van der Waals surface area contributed by atoms with Crippen LogP contribution in [-0.2, 0) is 9.13 Å². The van der Waals surface area contributed by atoms with Crippen molar-refractivity contribution in [3.63, 3.8) is 0 Å². The van der Waals surface area contributed by atoms with Crippen LogP contribution in [0.3, 0.4) is 0 Å². The van der Waals surface area contributed by atoms with Crippen LogP contribution < -0.4 is 0 Å². The lowest BCUT2D eigenvalue weighted by molar-refractivity contribution is -0.256. The SMILES string of the molecule is CC=[N+](P(=O)(O)O)P(=O)(O)O. The van der Waals surface area contributed by atoms with Gasteiger partial charge in [-0.1, -0.05) is 4.12 Å². The van der Waals surface area contributed by atoms with Crippen LogP contribution in [0.25, 0.3) is 0 Å². The van der Waals surface area contributed by atoms with Crippen LogP contribution in [-0.4, -0.2) is 29.9 Å². The Morgan fingerprint density at radius 3 is 1.36 bits per heavy atom. The molecular weight excluding hydrogens is 196 g/mol. The monoisotopic (exact) mass is 204 g/mol. The Kier molecular flexibility index (Phi) is 3.14. The zero-order chi connectivity index (χ0) is 9.28. The van der Waals surface area contributed by atoms with Crippen molar-refractivity contribution >= 4 is 21.7 Å². The third-order valence-electron chi connectivity index (χ3n) is 0.765. The molecule has 0 saturated carbocycles. The lowest BCUT2D eigenvalue weighted by Gasteiger charge is -2.02. The molecule has 66 valence electrons. The Morgan fingerprint density at radius 1 is 1.09 bits per heavy atom. The van der Waals surface area contributed by atoms with E-state index in [-0.39, 0.29) is 4.12 Å². The van der Waals surface area contributed by atoms with Crippen LogP contribution in [0.4, 0.5) is 0 Å². The highest BCUT2D eigenvalue weighted by molar-refractivity contribution is 7.57. The maximum absolute atomic E-state index is 10.3. The van der Waals surface area contributed by atoms with Gasteiger partial charge in [0, 0.05) is 6.92 Å². The van der Waals surface area contributed by atoms with Crippen molar-refractivity contribution in [1.29, 1.82) is 0 Å². The number of hydrogen-bond donors (Lipinski definition) is 4. The predicted molar refractivity (Wildman–Crippen MR) is 36.1 cm³/mol. The van der Waals surface area contributed by atoms with Gasteiger partial charge in [-0.2, -0.15) is 9.13 Å². The fourth-order valence-corrected chi connectivity index (χ4v) is 2.27. The summed E-state index contributed by atoms with van der Waals surface area (Å²) in [4.78, 5) is 33.3. The summed E-state index contributed by atoms with van der Waals surface area (Å²) in [5.41, 5.74) is 0. The minimum atomic E-state index is -4.88. The van der Waals surface area contributed by atoms with Crippen LogP contribution >= 0.6 is 15.5 Å². The van der Waals surface area contributed by atoms with E-state index < -0.39 is 15.5 Å². The van der Waals surface area contributed by atoms with Gasteiger partial charge in [-0.15, -0.1) is 0 Å². The second kappa shape index (κ2) is 3.15. The molecule has 0 amide bonds. The summed E-state index contributed by atoms with van der Waals surface area (Å²) in [5.74, 6) is 0. The van der Waals surface area contributed by atoms with Crippen molar-refractivity contribution in [1.82, 2.24) is 0 Å². The predicted octanol–water partition coefficient (Wildman–Crippen LogP) is -0.725. The van der Waals surface area contributed by atoms with E-state index in [1.54, 1.807) is 0 Å². The maximum atomic E-state index is 10.3. The summed E-state index contributed by atoms with van der Waals surface area (Å²) in [5, 5.41) is 0. The first-order valence-electron chi connectivity index (χ1n) is 2.40. The van der Waals surface area contributed by atoms with Gasteiger partial charge in [0.2, 0.25) is 0 Å². The molecule has 0 rings (SSSR count). The molecule has 0 spiro atoms. The molecule has 7 nitrogen and oxygen atoms in total. The molecular formula is C2H8NO6P2+. The molecule has 0 heterocycles. The zero-order valence-corrected chi connectivity index (χ0v) is 7.31. The van der Waals surface area contributed by atoms with Gasteiger partial charge in [-0.05, 0) is 0 Å². The number of rotatable bonds is 2. The quantitative estimate of drug-likeness (QED) is 0.348. The lowest BCUT2D eigenvalue weighted by Crippen LogP contribution is -2.04. The number of hydrogen-bond acceptors (Lipinski definition) is 2. The normalized spacial score (nSPS) is 12.8. The fraction of sp³-hybridized carbons (Fsp3) is 0.500. The zero-order valence-electron chi connectivity index (χ0n) is 5.52. The first kappa shape index (κ1) is 11.0. The van der Waals surface area contributed by atoms with Gasteiger partial charge in [0.1, 0.15) is 0 Å². The molecule has 0 aliphatic rings. The van der Waals surface area contributed by atoms with E-state index in [2.05, 4.69) is 0 Å². The van der Waals surface area contributed by atoms with Crippen molar-refractivity contribution in [2.24, 2.45) is 0 Å². The molecule has 0 unspecified atom stereocenters. The van der Waals surface area contributed by atoms with Gasteiger partial charge in [0.05, 0.1) is 0 Å². The topological polar surface area (TPSA) is 118 Å². The maximum Gasteiger partial charge on any atom is 0.609 e. The van der Waals surface area contributed by atoms with Crippen LogP contribution in [0.2, 0.25) is 0 Å². The van der Waals surface area contributed by atoms with E-state index in [4.69, 9.17) is 19.6 Å². The molecule has 0 aromatic heterocycles. The third kappa shape index (κ3) is 3.25. The smallest absolute Gasteiger partial charge is 0.271 e. The molecule has 0 aliphatic heterocycles. The van der Waals surface area contributed by atoms with Crippen LogP contribution in [0, 0.1) is 0 Å². The van der Waals surface area contributed by atoms with Gasteiger partial charge in [-0.25, -0.2) is 0 Å². The van der Waals surface area contributed by atoms with Gasteiger partial charge < -0.3 is 0 Å². The fourth-order valence-electron chi connectivity index (χ4n) is 0.453. The lowest BCUT2D eigenvalue weighted by atomic mass is 10.9. The van der Waals surface area contributed by atoms with Crippen LogP contribution in [0.15, 0.2) is 0 Å². The molecule has 0 atom stereocenters. The van der Waals surface area contributed by atoms with Crippen LogP contribution in [0.1, 0.15) is 6.92 Å². The summed E-state index contributed by atoms with van der Waals surface area (Å²) in [6.07, 6.45) is 0.640. The van der Waals surface area contributed by atoms with E-state index in [1.807, 2.05) is 0 Å². The minimum Gasteiger partial charge on any atom is -0.271 e. The first-order chi connectivity index (χ1) is 4.69. The standard InChI is InChI=1S/C2H7NO6P2/c1-2-3(10(4,5)6)11(7,8)9/h2H,1H3,(H3-,4,5,6,7,8,9)/p+1. The Bertz CT molecular complexity index is 234. The van der Waals surface area contributed by atoms with Gasteiger partial charge >= 0.3 is 15.5 Å². The van der Waals surface area contributed by atoms with Crippen molar-refractivity contribution in [3.8, 4) is 0 Å². The molecule has 0 aromatic rings. The molecule has 0 aromatic carbocycles. The molecule has 0 radical (unpaired) electrons. The largest absolute Gasteiger partial charge is 0.609 e. The Balaban J connectivity index is 5.07. The molecule has 11 heavy (non-hydrogen) atoms. The van der Waals surface area contributed by atoms with Gasteiger partial charge in [-0.3, -0.25) is 19.6 Å². The van der Waals surface area contributed by atoms with Gasteiger partial charge in [0.25, 0.3) is 0 Å². The van der Waals surface area contributed by atoms with Crippen molar-refractivity contribution in [2.45, 2.75) is 6.92 Å². The Labute approximate surface area is 62.4 Å². The summed E-state index contributed by atoms with van der Waals surface area (Å²) in [6.45, 7) is 1.11. The molecule has 0 fully saturated rings. The van der Waals surface area contributed by atoms with E-state index in [0.29, 0.717) is 6.21 Å². The average molecular weight is 204 g/mol. The Hall–Kier alpha value is -0.0300. The van der Waals surface area contributed by atoms with E-state index in [1.165, 1.54) is 0 Å². The average Bonchev–Trinajstić information content (AvgIpc) is 1.56. The molecule has 9 heteroatoms. The highest BCUT2D eigenvalue weighted by Gasteiger charge is 2.44. The summed E-state index contributed by atoms with van der Waals surface area (Å²) >= 11 is 0. The van der Waals surface area contributed by atoms with Gasteiger partial charge in [0.15, 0.2) is 6.21 Å². The highest BCUT2D eigenvalue weighted by atomic mass is 31.3. The molecule has 4 N–H and O–H groups in total. The van der Waals surface area contributed by atoms with E-state index >= 15 is 0 Å². The van der Waals surface area contributed by atoms with Crippen LogP contribution in [0.5, 0.6) is 0 Å². The Morgan fingerprint density at radius 2 is 1.36 bits per heavy atom. The molecule has 0 saturated heterocycles. The van der Waals surface area contributed by atoms with Crippen molar-refractivity contribution < 1.29 is 32.8 Å². The minimum absolute atomic E-state index is 0.292. The highest BCUT2D eigenvalue weighted by Crippen LogP contribution is 2.52. The summed E-state index contributed by atoms with van der Waals surface area (Å²) < 4.78 is 20.3. The van der Waals surface area contributed by atoms with E-state index in [0.717, 1.165) is 6.92 Å². The third-order valence-corrected chi connectivity index (χ3v) is 3.69. The second-order valence-electron chi connectivity index (χ2n) is 1.61.